The molecule has 0 bridgehead atoms. The fourth-order valence-corrected chi connectivity index (χ4v) is 3.16. The van der Waals surface area contributed by atoms with Crippen molar-refractivity contribution in [2.24, 2.45) is 0 Å². The molecule has 0 aliphatic heterocycles. The van der Waals surface area contributed by atoms with Gasteiger partial charge < -0.3 is 19.6 Å². The van der Waals surface area contributed by atoms with Crippen LogP contribution in [0.5, 0.6) is 17.2 Å². The first-order valence-electron chi connectivity index (χ1n) is 10.4. The molecular formula is C26H29NO4. The number of pyridine rings is 1. The first kappa shape index (κ1) is 22.2. The Labute approximate surface area is 182 Å². The molecule has 0 fully saturated rings. The summed E-state index contributed by atoms with van der Waals surface area (Å²) in [6, 6.07) is 15.0. The molecule has 1 heterocycles. The fraction of sp³-hybridized carbons (Fsp3) is 0.269. The molecule has 0 spiro atoms. The maximum atomic E-state index is 12.5. The van der Waals surface area contributed by atoms with Gasteiger partial charge in [-0.1, -0.05) is 47.6 Å². The zero-order chi connectivity index (χ0) is 22.2. The molecule has 2 N–H and O–H groups in total. The van der Waals surface area contributed by atoms with Gasteiger partial charge in [0.15, 0.2) is 5.75 Å². The monoisotopic (exact) mass is 419 g/mol. The predicted molar refractivity (Wildman–Crippen MR) is 125 cm³/mol. The van der Waals surface area contributed by atoms with Gasteiger partial charge in [-0.3, -0.25) is 4.79 Å². The van der Waals surface area contributed by atoms with Gasteiger partial charge in [0, 0.05) is 11.5 Å². The molecule has 0 radical (unpaired) electrons. The van der Waals surface area contributed by atoms with Gasteiger partial charge in [0.1, 0.15) is 19.0 Å². The minimum absolute atomic E-state index is 0.0706. The van der Waals surface area contributed by atoms with E-state index in [1.807, 2.05) is 43.3 Å². The molecule has 31 heavy (non-hydrogen) atoms. The van der Waals surface area contributed by atoms with E-state index in [0.717, 1.165) is 18.4 Å². The summed E-state index contributed by atoms with van der Waals surface area (Å²) >= 11 is 0. The molecule has 2 aromatic carbocycles. The van der Waals surface area contributed by atoms with Gasteiger partial charge in [0.25, 0.3) is 5.56 Å². The standard InChI is InChI=1S/C26H29NO4/c1-18(2)8-7-9-19(3)14-15-30-25-24(28)22-13-12-21(16-23(22)27-26(25)29)31-17-20-10-5-4-6-11-20/h4-6,8,10-14,16H,7,9,15,17H2,1-3H3,(H2,27,28,29)/b19-14+. The van der Waals surface area contributed by atoms with E-state index in [2.05, 4.69) is 24.9 Å². The molecule has 3 rings (SSSR count). The number of benzene rings is 2. The number of hydrogen-bond acceptors (Lipinski definition) is 4. The third-order valence-corrected chi connectivity index (χ3v) is 4.91. The van der Waals surface area contributed by atoms with Crippen LogP contribution >= 0.6 is 0 Å². The van der Waals surface area contributed by atoms with E-state index in [1.165, 1.54) is 11.1 Å². The molecule has 3 aromatic rings. The number of aromatic amines is 1. The Balaban J connectivity index is 1.69. The summed E-state index contributed by atoms with van der Waals surface area (Å²) in [5, 5.41) is 11.1. The Morgan fingerprint density at radius 2 is 1.81 bits per heavy atom. The van der Waals surface area contributed by atoms with Gasteiger partial charge in [0.2, 0.25) is 5.75 Å². The lowest BCUT2D eigenvalue weighted by Crippen LogP contribution is -2.12. The van der Waals surface area contributed by atoms with Gasteiger partial charge in [-0.2, -0.15) is 0 Å². The van der Waals surface area contributed by atoms with Gasteiger partial charge in [-0.25, -0.2) is 0 Å². The molecule has 0 aliphatic carbocycles. The van der Waals surface area contributed by atoms with E-state index in [0.29, 0.717) is 23.3 Å². The summed E-state index contributed by atoms with van der Waals surface area (Å²) in [7, 11) is 0. The van der Waals surface area contributed by atoms with Crippen molar-refractivity contribution in [3.8, 4) is 17.2 Å². The Kier molecular flexibility index (Phi) is 7.55. The molecule has 0 atom stereocenters. The number of aromatic nitrogens is 1. The number of rotatable bonds is 9. The van der Waals surface area contributed by atoms with Crippen LogP contribution in [0, 0.1) is 0 Å². The molecule has 0 unspecified atom stereocenters. The van der Waals surface area contributed by atoms with E-state index in [-0.39, 0.29) is 18.1 Å². The minimum Gasteiger partial charge on any atom is -0.504 e. The maximum absolute atomic E-state index is 12.5. The van der Waals surface area contributed by atoms with Crippen LogP contribution in [0.3, 0.4) is 0 Å². The minimum atomic E-state index is -0.471. The van der Waals surface area contributed by atoms with Gasteiger partial charge >= 0.3 is 0 Å². The van der Waals surface area contributed by atoms with Crippen LogP contribution in [0.25, 0.3) is 10.9 Å². The Hall–Kier alpha value is -3.47. The zero-order valence-corrected chi connectivity index (χ0v) is 18.3. The predicted octanol–water partition coefficient (Wildman–Crippen LogP) is 5.88. The molecule has 0 saturated heterocycles. The van der Waals surface area contributed by atoms with Crippen molar-refractivity contribution in [1.82, 2.24) is 4.98 Å². The van der Waals surface area contributed by atoms with Crippen molar-refractivity contribution >= 4 is 10.9 Å². The van der Waals surface area contributed by atoms with E-state index in [4.69, 9.17) is 9.47 Å². The number of allylic oxidation sites excluding steroid dienone is 3. The zero-order valence-electron chi connectivity index (χ0n) is 18.3. The summed E-state index contributed by atoms with van der Waals surface area (Å²) in [6.45, 7) is 6.83. The highest BCUT2D eigenvalue weighted by molar-refractivity contribution is 5.87. The largest absolute Gasteiger partial charge is 0.504 e. The third kappa shape index (κ3) is 6.25. The molecule has 1 aromatic heterocycles. The highest BCUT2D eigenvalue weighted by atomic mass is 16.5. The Bertz CT molecular complexity index is 1140. The second kappa shape index (κ2) is 10.5. The number of ether oxygens (including phenoxy) is 2. The average molecular weight is 420 g/mol. The van der Waals surface area contributed by atoms with Gasteiger partial charge in [0.05, 0.1) is 5.52 Å². The van der Waals surface area contributed by atoms with Gasteiger partial charge in [-0.15, -0.1) is 0 Å². The van der Waals surface area contributed by atoms with E-state index in [9.17, 15) is 9.90 Å². The number of aromatic hydroxyl groups is 1. The molecule has 0 amide bonds. The Morgan fingerprint density at radius 3 is 2.55 bits per heavy atom. The topological polar surface area (TPSA) is 71.5 Å². The van der Waals surface area contributed by atoms with Crippen LogP contribution in [0.2, 0.25) is 0 Å². The number of H-pyrrole nitrogens is 1. The molecule has 0 aliphatic rings. The molecular weight excluding hydrogens is 390 g/mol. The third-order valence-electron chi connectivity index (χ3n) is 4.91. The van der Waals surface area contributed by atoms with E-state index < -0.39 is 5.56 Å². The van der Waals surface area contributed by atoms with Crippen LogP contribution in [0.4, 0.5) is 0 Å². The smallest absolute Gasteiger partial charge is 0.294 e. The summed E-state index contributed by atoms with van der Waals surface area (Å²) in [5.74, 6) is 0.373. The first-order valence-corrected chi connectivity index (χ1v) is 10.4. The molecule has 0 saturated carbocycles. The maximum Gasteiger partial charge on any atom is 0.294 e. The number of nitrogens with one attached hydrogen (secondary N) is 1. The highest BCUT2D eigenvalue weighted by Gasteiger charge is 2.13. The SMILES string of the molecule is CC(C)=CCC/C(C)=C/COc1c(O)c2ccc(OCc3ccccc3)cc2[nH]c1=O. The lowest BCUT2D eigenvalue weighted by Gasteiger charge is -2.11. The van der Waals surface area contributed by atoms with Gasteiger partial charge in [-0.05, 0) is 57.4 Å². The van der Waals surface area contributed by atoms with Crippen molar-refractivity contribution in [2.75, 3.05) is 6.61 Å². The Morgan fingerprint density at radius 1 is 1.03 bits per heavy atom. The van der Waals surface area contributed by atoms with Crippen molar-refractivity contribution in [3.63, 3.8) is 0 Å². The van der Waals surface area contributed by atoms with Crippen molar-refractivity contribution < 1.29 is 14.6 Å². The quantitative estimate of drug-likeness (QED) is 0.425. The summed E-state index contributed by atoms with van der Waals surface area (Å²) in [5.41, 5.74) is 3.54. The first-order chi connectivity index (χ1) is 14.9. The van der Waals surface area contributed by atoms with E-state index in [1.54, 1.807) is 18.2 Å². The van der Waals surface area contributed by atoms with Crippen LogP contribution in [0.15, 0.2) is 76.6 Å². The lowest BCUT2D eigenvalue weighted by molar-refractivity contribution is 0.306. The average Bonchev–Trinajstić information content (AvgIpc) is 2.75. The van der Waals surface area contributed by atoms with Crippen LogP contribution in [0.1, 0.15) is 39.2 Å². The summed E-state index contributed by atoms with van der Waals surface area (Å²) in [4.78, 5) is 15.2. The van der Waals surface area contributed by atoms with Crippen molar-refractivity contribution in [3.05, 3.63) is 87.7 Å². The molecule has 5 nitrogen and oxygen atoms in total. The van der Waals surface area contributed by atoms with Crippen molar-refractivity contribution in [2.45, 2.75) is 40.2 Å². The summed E-state index contributed by atoms with van der Waals surface area (Å²) in [6.07, 6.45) is 6.03. The molecule has 5 heteroatoms. The normalized spacial score (nSPS) is 11.4. The lowest BCUT2D eigenvalue weighted by atomic mass is 10.1. The number of hydrogen-bond donors (Lipinski definition) is 2. The molecule has 162 valence electrons. The van der Waals surface area contributed by atoms with Crippen molar-refractivity contribution in [1.29, 1.82) is 0 Å². The van der Waals surface area contributed by atoms with Crippen LogP contribution in [-0.2, 0) is 6.61 Å². The second-order valence-corrected chi connectivity index (χ2v) is 7.80. The summed E-state index contributed by atoms with van der Waals surface area (Å²) < 4.78 is 11.4. The van der Waals surface area contributed by atoms with Crippen LogP contribution in [-0.4, -0.2) is 16.7 Å². The fourth-order valence-electron chi connectivity index (χ4n) is 3.16. The number of fused-ring (bicyclic) bond motifs is 1. The second-order valence-electron chi connectivity index (χ2n) is 7.80. The van der Waals surface area contributed by atoms with Crippen LogP contribution < -0.4 is 15.0 Å². The van der Waals surface area contributed by atoms with E-state index >= 15 is 0 Å². The highest BCUT2D eigenvalue weighted by Crippen LogP contribution is 2.32.